The molecule has 0 fully saturated rings. The monoisotopic (exact) mass is 207 g/mol. The molecular formula is C10H10FN3O. The average Bonchev–Trinajstić information content (AvgIpc) is 2.65. The van der Waals surface area contributed by atoms with Crippen molar-refractivity contribution in [3.05, 3.63) is 42.0 Å². The number of oxazole rings is 1. The van der Waals surface area contributed by atoms with Crippen LogP contribution in [0.3, 0.4) is 0 Å². The van der Waals surface area contributed by atoms with Gasteiger partial charge in [0.25, 0.3) is 6.01 Å². The maximum absolute atomic E-state index is 12.8. The van der Waals surface area contributed by atoms with Gasteiger partial charge in [0, 0.05) is 12.2 Å². The molecule has 0 amide bonds. The summed E-state index contributed by atoms with van der Waals surface area (Å²) in [5.41, 5.74) is 6.60. The van der Waals surface area contributed by atoms with Crippen LogP contribution < -0.4 is 11.1 Å². The number of nitrogens with zero attached hydrogens (tertiary/aromatic N) is 1. The van der Waals surface area contributed by atoms with Crippen molar-refractivity contribution in [1.29, 1.82) is 0 Å². The fourth-order valence-electron chi connectivity index (χ4n) is 1.15. The standard InChI is InChI=1S/C10H10FN3O/c11-7-2-1-3-8(4-7)13-10-14-9(5-12)6-15-10/h1-4,6H,5,12H2,(H,13,14). The van der Waals surface area contributed by atoms with Crippen LogP contribution in [0.25, 0.3) is 0 Å². The second-order valence-electron chi connectivity index (χ2n) is 2.98. The van der Waals surface area contributed by atoms with Crippen LogP contribution in [0.5, 0.6) is 0 Å². The first kappa shape index (κ1) is 9.67. The molecular weight excluding hydrogens is 197 g/mol. The van der Waals surface area contributed by atoms with Crippen molar-refractivity contribution in [3.8, 4) is 0 Å². The fourth-order valence-corrected chi connectivity index (χ4v) is 1.15. The van der Waals surface area contributed by atoms with E-state index in [0.29, 0.717) is 23.9 Å². The molecule has 2 rings (SSSR count). The molecule has 0 aliphatic heterocycles. The zero-order chi connectivity index (χ0) is 10.7. The Labute approximate surface area is 85.9 Å². The van der Waals surface area contributed by atoms with E-state index in [1.165, 1.54) is 18.4 Å². The Bertz CT molecular complexity index is 455. The first-order valence-electron chi connectivity index (χ1n) is 4.45. The van der Waals surface area contributed by atoms with Crippen molar-refractivity contribution in [2.24, 2.45) is 5.73 Å². The van der Waals surface area contributed by atoms with Gasteiger partial charge in [-0.05, 0) is 18.2 Å². The minimum atomic E-state index is -0.314. The molecule has 0 aliphatic carbocycles. The molecule has 1 aromatic carbocycles. The van der Waals surface area contributed by atoms with Gasteiger partial charge in [0.15, 0.2) is 0 Å². The lowest BCUT2D eigenvalue weighted by Crippen LogP contribution is -1.97. The molecule has 0 aliphatic rings. The SMILES string of the molecule is NCc1coc(Nc2cccc(F)c2)n1. The number of nitrogens with one attached hydrogen (secondary N) is 1. The third-order valence-electron chi connectivity index (χ3n) is 1.84. The van der Waals surface area contributed by atoms with Crippen molar-refractivity contribution < 1.29 is 8.81 Å². The molecule has 0 saturated carbocycles. The van der Waals surface area contributed by atoms with E-state index >= 15 is 0 Å². The third-order valence-corrected chi connectivity index (χ3v) is 1.84. The van der Waals surface area contributed by atoms with E-state index in [4.69, 9.17) is 10.2 Å². The number of halogens is 1. The lowest BCUT2D eigenvalue weighted by Gasteiger charge is -2.00. The lowest BCUT2D eigenvalue weighted by molar-refractivity contribution is 0.575. The molecule has 15 heavy (non-hydrogen) atoms. The van der Waals surface area contributed by atoms with Crippen molar-refractivity contribution in [3.63, 3.8) is 0 Å². The van der Waals surface area contributed by atoms with Gasteiger partial charge in [-0.1, -0.05) is 6.07 Å². The highest BCUT2D eigenvalue weighted by Crippen LogP contribution is 2.16. The number of hydrogen-bond donors (Lipinski definition) is 2. The Balaban J connectivity index is 2.14. The summed E-state index contributed by atoms with van der Waals surface area (Å²) in [5.74, 6) is -0.314. The Morgan fingerprint density at radius 3 is 3.00 bits per heavy atom. The van der Waals surface area contributed by atoms with E-state index < -0.39 is 0 Å². The first-order chi connectivity index (χ1) is 7.28. The summed E-state index contributed by atoms with van der Waals surface area (Å²) in [6.45, 7) is 0.314. The van der Waals surface area contributed by atoms with Crippen LogP contribution in [-0.4, -0.2) is 4.98 Å². The molecule has 5 heteroatoms. The molecule has 2 aromatic rings. The molecule has 0 saturated heterocycles. The molecule has 0 unspecified atom stereocenters. The third kappa shape index (κ3) is 2.32. The predicted octanol–water partition coefficient (Wildman–Crippen LogP) is 2.02. The zero-order valence-corrected chi connectivity index (χ0v) is 7.90. The highest BCUT2D eigenvalue weighted by molar-refractivity contribution is 5.51. The molecule has 1 heterocycles. The number of hydrogen-bond acceptors (Lipinski definition) is 4. The van der Waals surface area contributed by atoms with Gasteiger partial charge < -0.3 is 15.5 Å². The van der Waals surface area contributed by atoms with E-state index in [9.17, 15) is 4.39 Å². The van der Waals surface area contributed by atoms with Crippen LogP contribution in [0.1, 0.15) is 5.69 Å². The smallest absolute Gasteiger partial charge is 0.299 e. The average molecular weight is 207 g/mol. The van der Waals surface area contributed by atoms with Gasteiger partial charge in [-0.25, -0.2) is 4.39 Å². The Morgan fingerprint density at radius 1 is 1.47 bits per heavy atom. The summed E-state index contributed by atoms with van der Waals surface area (Å²) in [6, 6.07) is 6.35. The van der Waals surface area contributed by atoms with Crippen LogP contribution in [0.2, 0.25) is 0 Å². The number of rotatable bonds is 3. The molecule has 1 aromatic heterocycles. The Hall–Kier alpha value is -1.88. The van der Waals surface area contributed by atoms with Crippen LogP contribution in [0, 0.1) is 5.82 Å². The fraction of sp³-hybridized carbons (Fsp3) is 0.100. The van der Waals surface area contributed by atoms with Gasteiger partial charge in [-0.3, -0.25) is 0 Å². The van der Waals surface area contributed by atoms with Crippen molar-refractivity contribution in [2.75, 3.05) is 5.32 Å². The van der Waals surface area contributed by atoms with Gasteiger partial charge in [0.2, 0.25) is 0 Å². The van der Waals surface area contributed by atoms with Crippen molar-refractivity contribution >= 4 is 11.7 Å². The summed E-state index contributed by atoms with van der Waals surface area (Å²) < 4.78 is 17.9. The van der Waals surface area contributed by atoms with E-state index in [1.54, 1.807) is 12.1 Å². The molecule has 0 radical (unpaired) electrons. The van der Waals surface area contributed by atoms with E-state index in [2.05, 4.69) is 10.3 Å². The van der Waals surface area contributed by atoms with Crippen LogP contribution in [-0.2, 0) is 6.54 Å². The van der Waals surface area contributed by atoms with Crippen LogP contribution >= 0.6 is 0 Å². The van der Waals surface area contributed by atoms with E-state index in [0.717, 1.165) is 0 Å². The predicted molar refractivity (Wildman–Crippen MR) is 54.1 cm³/mol. The van der Waals surface area contributed by atoms with Crippen LogP contribution in [0.15, 0.2) is 34.9 Å². The van der Waals surface area contributed by atoms with Gasteiger partial charge in [-0.15, -0.1) is 0 Å². The Morgan fingerprint density at radius 2 is 2.33 bits per heavy atom. The van der Waals surface area contributed by atoms with Gasteiger partial charge in [-0.2, -0.15) is 4.98 Å². The van der Waals surface area contributed by atoms with Gasteiger partial charge in [0.05, 0.1) is 5.69 Å². The number of anilines is 2. The largest absolute Gasteiger partial charge is 0.432 e. The molecule has 0 atom stereocenters. The van der Waals surface area contributed by atoms with Crippen LogP contribution in [0.4, 0.5) is 16.1 Å². The zero-order valence-electron chi connectivity index (χ0n) is 7.90. The van der Waals surface area contributed by atoms with Gasteiger partial charge >= 0.3 is 0 Å². The quantitative estimate of drug-likeness (QED) is 0.808. The maximum Gasteiger partial charge on any atom is 0.299 e. The maximum atomic E-state index is 12.8. The van der Waals surface area contributed by atoms with E-state index in [-0.39, 0.29) is 5.82 Å². The normalized spacial score (nSPS) is 10.3. The highest BCUT2D eigenvalue weighted by Gasteiger charge is 2.02. The molecule has 4 nitrogen and oxygen atoms in total. The minimum Gasteiger partial charge on any atom is -0.432 e. The first-order valence-corrected chi connectivity index (χ1v) is 4.45. The summed E-state index contributed by atoms with van der Waals surface area (Å²) >= 11 is 0. The molecule has 3 N–H and O–H groups in total. The topological polar surface area (TPSA) is 64.1 Å². The summed E-state index contributed by atoms with van der Waals surface area (Å²) in [7, 11) is 0. The second kappa shape index (κ2) is 4.10. The second-order valence-corrected chi connectivity index (χ2v) is 2.98. The number of aromatic nitrogens is 1. The summed E-state index contributed by atoms with van der Waals surface area (Å²) in [6.07, 6.45) is 1.46. The van der Waals surface area contributed by atoms with Crippen molar-refractivity contribution in [2.45, 2.75) is 6.54 Å². The van der Waals surface area contributed by atoms with Crippen molar-refractivity contribution in [1.82, 2.24) is 4.98 Å². The molecule has 78 valence electrons. The molecule has 0 bridgehead atoms. The minimum absolute atomic E-state index is 0.307. The number of benzene rings is 1. The Kier molecular flexibility index (Phi) is 2.64. The summed E-state index contributed by atoms with van der Waals surface area (Å²) in [4.78, 5) is 4.03. The lowest BCUT2D eigenvalue weighted by atomic mass is 10.3. The van der Waals surface area contributed by atoms with E-state index in [1.807, 2.05) is 0 Å². The summed E-state index contributed by atoms with van der Waals surface area (Å²) in [5, 5.41) is 2.83. The van der Waals surface area contributed by atoms with Gasteiger partial charge in [0.1, 0.15) is 12.1 Å². The molecule has 0 spiro atoms. The highest BCUT2D eigenvalue weighted by atomic mass is 19.1. The number of nitrogens with two attached hydrogens (primary N) is 1.